The number of rotatable bonds is 6. The summed E-state index contributed by atoms with van der Waals surface area (Å²) in [5.74, 6) is -1.35. The van der Waals surface area contributed by atoms with Crippen LogP contribution in [0.3, 0.4) is 0 Å². The van der Waals surface area contributed by atoms with E-state index in [-0.39, 0.29) is 30.6 Å². The van der Waals surface area contributed by atoms with Crippen LogP contribution < -0.4 is 14.9 Å². The van der Waals surface area contributed by atoms with Crippen molar-refractivity contribution in [3.8, 4) is 0 Å². The van der Waals surface area contributed by atoms with Crippen molar-refractivity contribution in [1.29, 1.82) is 0 Å². The van der Waals surface area contributed by atoms with Gasteiger partial charge < -0.3 is 15.5 Å². The number of hydrogen-bond acceptors (Lipinski definition) is 5. The Morgan fingerprint density at radius 2 is 1.70 bits per heavy atom. The van der Waals surface area contributed by atoms with Crippen LogP contribution in [0.25, 0.3) is 0 Å². The van der Waals surface area contributed by atoms with Gasteiger partial charge in [-0.1, -0.05) is 29.8 Å². The van der Waals surface area contributed by atoms with Crippen LogP contribution in [0.5, 0.6) is 0 Å². The van der Waals surface area contributed by atoms with Gasteiger partial charge in [0.1, 0.15) is 17.7 Å². The van der Waals surface area contributed by atoms with E-state index in [0.29, 0.717) is 55.2 Å². The van der Waals surface area contributed by atoms with Gasteiger partial charge in [0.05, 0.1) is 18.0 Å². The second-order valence-electron chi connectivity index (χ2n) is 12.0. The minimum absolute atomic E-state index is 0.191. The number of piperidine rings is 1. The summed E-state index contributed by atoms with van der Waals surface area (Å²) in [6.07, 6.45) is 2.64. The average Bonchev–Trinajstić information content (AvgIpc) is 3.31. The molecule has 44 heavy (non-hydrogen) atoms. The van der Waals surface area contributed by atoms with Crippen molar-refractivity contribution in [1.82, 2.24) is 15.5 Å². The number of carbonyl (C=O) groups is 2. The first kappa shape index (κ1) is 30.5. The van der Waals surface area contributed by atoms with E-state index in [4.69, 9.17) is 11.6 Å². The molecule has 1 fully saturated rings. The van der Waals surface area contributed by atoms with Gasteiger partial charge in [0.25, 0.3) is 0 Å². The highest BCUT2D eigenvalue weighted by Gasteiger charge is 2.48. The minimum Gasteiger partial charge on any atom is -0.343 e. The van der Waals surface area contributed by atoms with Crippen LogP contribution in [0.15, 0.2) is 60.7 Å². The van der Waals surface area contributed by atoms with Crippen molar-refractivity contribution in [2.75, 3.05) is 30.2 Å². The van der Waals surface area contributed by atoms with Gasteiger partial charge in [-0.05, 0) is 84.0 Å². The van der Waals surface area contributed by atoms with Crippen LogP contribution in [-0.4, -0.2) is 63.1 Å². The summed E-state index contributed by atoms with van der Waals surface area (Å²) < 4.78 is 54.5. The fraction of sp³-hybridized carbons (Fsp3) is 0.375. The van der Waals surface area contributed by atoms with Gasteiger partial charge in [-0.15, -0.1) is 0 Å². The maximum absolute atomic E-state index is 14.3. The molecule has 1 spiro atoms. The van der Waals surface area contributed by atoms with E-state index in [2.05, 4.69) is 10.6 Å². The molecule has 2 amide bonds. The molecule has 3 aliphatic rings. The number of sulfonamides is 1. The van der Waals surface area contributed by atoms with Gasteiger partial charge in [0.15, 0.2) is 0 Å². The normalized spacial score (nSPS) is 19.8. The standard InChI is InChI=1S/C32H33ClF2N4O4S/c1-44(42,43)39-19-32(26-17-25(35)8-9-29(26)39)10-12-38(13-11-32)31(41)28(14-20-2-5-23(33)6-3-20)37-30(40)27-16-21-4-7-24(34)15-22(21)18-36-27/h2-9,15,17,27-28,36H,10-14,16,18-19H2,1H3,(H,37,40)/t27-,28-/m0/s1. The predicted molar refractivity (Wildman–Crippen MR) is 164 cm³/mol. The summed E-state index contributed by atoms with van der Waals surface area (Å²) >= 11 is 6.07. The van der Waals surface area contributed by atoms with Crippen molar-refractivity contribution in [2.45, 2.75) is 49.7 Å². The van der Waals surface area contributed by atoms with Crippen LogP contribution >= 0.6 is 11.6 Å². The summed E-state index contributed by atoms with van der Waals surface area (Å²) in [5.41, 5.74) is 3.00. The second-order valence-corrected chi connectivity index (χ2v) is 14.3. The van der Waals surface area contributed by atoms with Gasteiger partial charge >= 0.3 is 0 Å². The van der Waals surface area contributed by atoms with E-state index in [9.17, 15) is 26.8 Å². The molecule has 12 heteroatoms. The summed E-state index contributed by atoms with van der Waals surface area (Å²) in [6, 6.07) is 14.3. The summed E-state index contributed by atoms with van der Waals surface area (Å²) in [7, 11) is -3.58. The molecule has 6 rings (SSSR count). The molecule has 0 unspecified atom stereocenters. The molecule has 3 aromatic carbocycles. The van der Waals surface area contributed by atoms with Crippen molar-refractivity contribution in [3.05, 3.63) is 99.6 Å². The topological polar surface area (TPSA) is 98.8 Å². The Morgan fingerprint density at radius 3 is 2.41 bits per heavy atom. The third kappa shape index (κ3) is 6.05. The Labute approximate surface area is 260 Å². The number of fused-ring (bicyclic) bond motifs is 3. The maximum atomic E-state index is 14.3. The molecule has 2 N–H and O–H groups in total. The smallest absolute Gasteiger partial charge is 0.245 e. The van der Waals surface area contributed by atoms with Gasteiger partial charge in [-0.2, -0.15) is 0 Å². The highest BCUT2D eigenvalue weighted by Crippen LogP contribution is 2.48. The minimum atomic E-state index is -3.58. The lowest BCUT2D eigenvalue weighted by molar-refractivity contribution is -0.138. The molecule has 0 aromatic heterocycles. The largest absolute Gasteiger partial charge is 0.343 e. The highest BCUT2D eigenvalue weighted by molar-refractivity contribution is 7.92. The highest BCUT2D eigenvalue weighted by atomic mass is 35.5. The second kappa shape index (κ2) is 11.8. The van der Waals surface area contributed by atoms with E-state index >= 15 is 0 Å². The molecular formula is C32H33ClF2N4O4S. The Balaban J connectivity index is 1.20. The molecule has 3 heterocycles. The van der Waals surface area contributed by atoms with Crippen molar-refractivity contribution >= 4 is 39.1 Å². The molecule has 232 valence electrons. The van der Waals surface area contributed by atoms with E-state index in [1.807, 2.05) is 12.1 Å². The number of hydrogen-bond donors (Lipinski definition) is 2. The molecule has 0 radical (unpaired) electrons. The van der Waals surface area contributed by atoms with Crippen LogP contribution in [0.1, 0.15) is 35.1 Å². The molecular weight excluding hydrogens is 610 g/mol. The monoisotopic (exact) mass is 642 g/mol. The van der Waals surface area contributed by atoms with Crippen molar-refractivity contribution < 1.29 is 26.8 Å². The van der Waals surface area contributed by atoms with Crippen LogP contribution in [-0.2, 0) is 44.4 Å². The first-order valence-electron chi connectivity index (χ1n) is 14.5. The molecule has 1 saturated heterocycles. The maximum Gasteiger partial charge on any atom is 0.245 e. The zero-order valence-electron chi connectivity index (χ0n) is 24.2. The van der Waals surface area contributed by atoms with Crippen LogP contribution in [0, 0.1) is 11.6 Å². The summed E-state index contributed by atoms with van der Waals surface area (Å²) in [4.78, 5) is 29.2. The number of likely N-dealkylation sites (tertiary alicyclic amines) is 1. The lowest BCUT2D eigenvalue weighted by Crippen LogP contribution is -2.57. The molecule has 3 aromatic rings. The number of benzene rings is 3. The van der Waals surface area contributed by atoms with Crippen molar-refractivity contribution in [3.63, 3.8) is 0 Å². The molecule has 2 atom stereocenters. The number of amides is 2. The number of carbonyl (C=O) groups excluding carboxylic acids is 2. The van der Waals surface area contributed by atoms with Gasteiger partial charge in [-0.3, -0.25) is 13.9 Å². The first-order valence-corrected chi connectivity index (χ1v) is 16.8. The third-order valence-corrected chi connectivity index (χ3v) is 10.5. The third-order valence-electron chi connectivity index (χ3n) is 9.09. The SMILES string of the molecule is CS(=O)(=O)N1CC2(CCN(C(=O)[C@H](Cc3ccc(Cl)cc3)NC(=O)[C@@H]3Cc4ccc(F)cc4CN3)CC2)c2cc(F)ccc21. The number of anilines is 1. The molecule has 0 saturated carbocycles. The van der Waals surface area contributed by atoms with Crippen LogP contribution in [0.2, 0.25) is 5.02 Å². The lowest BCUT2D eigenvalue weighted by Gasteiger charge is -2.41. The Morgan fingerprint density at radius 1 is 1.02 bits per heavy atom. The first-order chi connectivity index (χ1) is 20.9. The zero-order valence-corrected chi connectivity index (χ0v) is 25.7. The number of nitrogens with zero attached hydrogens (tertiary/aromatic N) is 2. The number of nitrogens with one attached hydrogen (secondary N) is 2. The molecule has 0 aliphatic carbocycles. The molecule has 0 bridgehead atoms. The van der Waals surface area contributed by atoms with E-state index in [1.54, 1.807) is 23.1 Å². The number of halogens is 3. The Bertz CT molecular complexity index is 1710. The fourth-order valence-electron chi connectivity index (χ4n) is 6.69. The van der Waals surface area contributed by atoms with Gasteiger partial charge in [0, 0.05) is 43.0 Å². The Hall–Kier alpha value is -3.54. The lowest BCUT2D eigenvalue weighted by atomic mass is 9.74. The summed E-state index contributed by atoms with van der Waals surface area (Å²) in [6.45, 7) is 1.16. The van der Waals surface area contributed by atoms with Crippen molar-refractivity contribution in [2.24, 2.45) is 0 Å². The van der Waals surface area contributed by atoms with Gasteiger partial charge in [0.2, 0.25) is 21.8 Å². The van der Waals surface area contributed by atoms with E-state index in [1.165, 1.54) is 34.6 Å². The molecule has 3 aliphatic heterocycles. The average molecular weight is 643 g/mol. The van der Waals surface area contributed by atoms with Crippen LogP contribution in [0.4, 0.5) is 14.5 Å². The zero-order chi connectivity index (χ0) is 31.2. The quantitative estimate of drug-likeness (QED) is 0.428. The van der Waals surface area contributed by atoms with Gasteiger partial charge in [-0.25, -0.2) is 17.2 Å². The van der Waals surface area contributed by atoms with E-state index < -0.39 is 33.3 Å². The Kier molecular flexibility index (Phi) is 8.15. The predicted octanol–water partition coefficient (Wildman–Crippen LogP) is 3.70. The van der Waals surface area contributed by atoms with E-state index in [0.717, 1.165) is 22.9 Å². The summed E-state index contributed by atoms with van der Waals surface area (Å²) in [5, 5.41) is 6.67. The fourth-order valence-corrected chi connectivity index (χ4v) is 7.82. The molecule has 8 nitrogen and oxygen atoms in total.